The van der Waals surface area contributed by atoms with Crippen LogP contribution < -0.4 is 10.2 Å². The Bertz CT molecular complexity index is 489. The fraction of sp³-hybridized carbons (Fsp3) is 0.385. The third-order valence-electron chi connectivity index (χ3n) is 2.69. The van der Waals surface area contributed by atoms with Crippen molar-refractivity contribution in [1.29, 1.82) is 0 Å². The predicted octanol–water partition coefficient (Wildman–Crippen LogP) is 1.71. The third kappa shape index (κ3) is 2.53. The molecule has 0 aromatic heterocycles. The summed E-state index contributed by atoms with van der Waals surface area (Å²) in [6.45, 7) is 4.13. The Hall–Kier alpha value is -2.08. The lowest BCUT2D eigenvalue weighted by molar-refractivity contribution is 0.0276. The molecule has 1 N–H and O–H groups in total. The Morgan fingerprint density at radius 2 is 2.05 bits per heavy atom. The maximum absolute atomic E-state index is 12.0. The minimum Gasteiger partial charge on any atom is -0.449 e. The fourth-order valence-electron chi connectivity index (χ4n) is 1.92. The molecule has 0 spiro atoms. The summed E-state index contributed by atoms with van der Waals surface area (Å²) in [6.07, 6.45) is -1.39. The van der Waals surface area contributed by atoms with E-state index < -0.39 is 12.4 Å². The van der Waals surface area contributed by atoms with E-state index in [9.17, 15) is 9.59 Å². The second kappa shape index (κ2) is 5.71. The molecule has 1 aliphatic rings. The van der Waals surface area contributed by atoms with E-state index >= 15 is 0 Å². The van der Waals surface area contributed by atoms with E-state index in [-0.39, 0.29) is 12.5 Å². The molecule has 1 aromatic carbocycles. The zero-order chi connectivity index (χ0) is 13.8. The summed E-state index contributed by atoms with van der Waals surface area (Å²) in [6, 6.07) is 6.84. The van der Waals surface area contributed by atoms with E-state index in [0.717, 1.165) is 0 Å². The molecule has 0 saturated heterocycles. The van der Waals surface area contributed by atoms with E-state index in [1.54, 1.807) is 38.1 Å². The van der Waals surface area contributed by atoms with Crippen LogP contribution in [0.2, 0.25) is 0 Å². The number of fused-ring (bicyclic) bond motifs is 1. The third-order valence-corrected chi connectivity index (χ3v) is 2.69. The minimum absolute atomic E-state index is 0.254. The second-order valence-corrected chi connectivity index (χ2v) is 3.87. The zero-order valence-electron chi connectivity index (χ0n) is 10.9. The highest BCUT2D eigenvalue weighted by atomic mass is 16.6. The van der Waals surface area contributed by atoms with Crippen molar-refractivity contribution in [2.75, 3.05) is 18.1 Å². The first-order valence-corrected chi connectivity index (χ1v) is 6.16. The van der Waals surface area contributed by atoms with Crippen molar-refractivity contribution in [3.05, 3.63) is 29.8 Å². The molecule has 2 amide bonds. The van der Waals surface area contributed by atoms with Crippen LogP contribution in [0.4, 0.5) is 10.5 Å². The van der Waals surface area contributed by atoms with Gasteiger partial charge in [-0.1, -0.05) is 12.1 Å². The molecule has 2 rings (SSSR count). The number of anilines is 1. The van der Waals surface area contributed by atoms with E-state index in [0.29, 0.717) is 17.9 Å². The number of benzene rings is 1. The quantitative estimate of drug-likeness (QED) is 0.902. The van der Waals surface area contributed by atoms with Gasteiger partial charge in [0.1, 0.15) is 0 Å². The van der Waals surface area contributed by atoms with Crippen LogP contribution in [0.1, 0.15) is 24.2 Å². The van der Waals surface area contributed by atoms with Gasteiger partial charge in [0.05, 0.1) is 17.9 Å². The van der Waals surface area contributed by atoms with Gasteiger partial charge in [-0.05, 0) is 26.0 Å². The Morgan fingerprint density at radius 1 is 1.32 bits per heavy atom. The van der Waals surface area contributed by atoms with Gasteiger partial charge in [0.25, 0.3) is 5.91 Å². The molecule has 1 aromatic rings. The number of hydrogen-bond acceptors (Lipinski definition) is 4. The standard InChI is InChI=1S/C13H16N2O4/c1-3-18-12-14-11(16)9-7-5-6-8-10(9)15(12)13(17)19-4-2/h5-8,12H,3-4H2,1-2H3,(H,14,16). The first-order chi connectivity index (χ1) is 9.19. The van der Waals surface area contributed by atoms with Crippen molar-refractivity contribution >= 4 is 17.7 Å². The van der Waals surface area contributed by atoms with Crippen molar-refractivity contribution in [3.8, 4) is 0 Å². The average Bonchev–Trinajstić information content (AvgIpc) is 2.39. The number of para-hydroxylation sites is 1. The van der Waals surface area contributed by atoms with Gasteiger partial charge in [0.2, 0.25) is 6.35 Å². The molecule has 0 saturated carbocycles. The number of nitrogens with zero attached hydrogens (tertiary/aromatic N) is 1. The summed E-state index contributed by atoms with van der Waals surface area (Å²) in [5, 5.41) is 2.63. The summed E-state index contributed by atoms with van der Waals surface area (Å²) in [5.41, 5.74) is 0.912. The summed E-state index contributed by atoms with van der Waals surface area (Å²) >= 11 is 0. The van der Waals surface area contributed by atoms with Crippen LogP contribution in [-0.4, -0.2) is 31.6 Å². The van der Waals surface area contributed by atoms with Crippen LogP contribution >= 0.6 is 0 Å². The highest BCUT2D eigenvalue weighted by Gasteiger charge is 2.35. The molecular weight excluding hydrogens is 248 g/mol. The monoisotopic (exact) mass is 264 g/mol. The van der Waals surface area contributed by atoms with Gasteiger partial charge in [0, 0.05) is 6.61 Å². The van der Waals surface area contributed by atoms with Gasteiger partial charge < -0.3 is 14.8 Å². The number of hydrogen-bond donors (Lipinski definition) is 1. The first kappa shape index (κ1) is 13.4. The highest BCUT2D eigenvalue weighted by molar-refractivity contribution is 6.06. The van der Waals surface area contributed by atoms with Crippen molar-refractivity contribution in [1.82, 2.24) is 5.32 Å². The maximum atomic E-state index is 12.0. The maximum Gasteiger partial charge on any atom is 0.417 e. The molecule has 6 nitrogen and oxygen atoms in total. The summed E-state index contributed by atoms with van der Waals surface area (Å²) < 4.78 is 10.4. The lowest BCUT2D eigenvalue weighted by Crippen LogP contribution is -2.56. The number of rotatable bonds is 3. The van der Waals surface area contributed by atoms with Crippen LogP contribution in [0.25, 0.3) is 0 Å². The van der Waals surface area contributed by atoms with Crippen LogP contribution in [0.5, 0.6) is 0 Å². The average molecular weight is 264 g/mol. The van der Waals surface area contributed by atoms with Crippen LogP contribution in [0.3, 0.4) is 0 Å². The van der Waals surface area contributed by atoms with Crippen molar-refractivity contribution in [2.45, 2.75) is 20.2 Å². The summed E-state index contributed by atoms with van der Waals surface area (Å²) in [7, 11) is 0. The normalized spacial score (nSPS) is 17.7. The lowest BCUT2D eigenvalue weighted by Gasteiger charge is -2.35. The molecule has 1 unspecified atom stereocenters. The van der Waals surface area contributed by atoms with E-state index in [1.165, 1.54) is 4.90 Å². The molecule has 0 aliphatic carbocycles. The Morgan fingerprint density at radius 3 is 2.74 bits per heavy atom. The number of carbonyl (C=O) groups is 2. The lowest BCUT2D eigenvalue weighted by atomic mass is 10.1. The Balaban J connectivity index is 2.41. The number of ether oxygens (including phenoxy) is 2. The van der Waals surface area contributed by atoms with Crippen LogP contribution in [-0.2, 0) is 9.47 Å². The van der Waals surface area contributed by atoms with Crippen LogP contribution in [0, 0.1) is 0 Å². The number of carbonyl (C=O) groups excluding carboxylic acids is 2. The molecule has 1 aliphatic heterocycles. The minimum atomic E-state index is -0.841. The van der Waals surface area contributed by atoms with E-state index in [4.69, 9.17) is 9.47 Å². The van der Waals surface area contributed by atoms with Crippen molar-refractivity contribution in [3.63, 3.8) is 0 Å². The van der Waals surface area contributed by atoms with Crippen molar-refractivity contribution in [2.24, 2.45) is 0 Å². The number of amides is 2. The van der Waals surface area contributed by atoms with Gasteiger partial charge in [-0.25, -0.2) is 9.69 Å². The molecule has 0 fully saturated rings. The first-order valence-electron chi connectivity index (χ1n) is 6.16. The zero-order valence-corrected chi connectivity index (χ0v) is 10.9. The molecular formula is C13H16N2O4. The predicted molar refractivity (Wildman–Crippen MR) is 68.8 cm³/mol. The highest BCUT2D eigenvalue weighted by Crippen LogP contribution is 2.27. The van der Waals surface area contributed by atoms with Gasteiger partial charge in [-0.15, -0.1) is 0 Å². The SMILES string of the molecule is CCOC(=O)N1c2ccccc2C(=O)NC1OCC. The topological polar surface area (TPSA) is 67.9 Å². The largest absolute Gasteiger partial charge is 0.449 e. The molecule has 1 heterocycles. The molecule has 102 valence electrons. The summed E-state index contributed by atoms with van der Waals surface area (Å²) in [5.74, 6) is -0.269. The molecule has 0 radical (unpaired) electrons. The molecule has 19 heavy (non-hydrogen) atoms. The van der Waals surface area contributed by atoms with Gasteiger partial charge in [-0.3, -0.25) is 4.79 Å². The molecule has 0 bridgehead atoms. The fourth-order valence-corrected chi connectivity index (χ4v) is 1.92. The molecule has 6 heteroatoms. The van der Waals surface area contributed by atoms with E-state index in [2.05, 4.69) is 5.32 Å². The second-order valence-electron chi connectivity index (χ2n) is 3.87. The molecule has 1 atom stereocenters. The van der Waals surface area contributed by atoms with Gasteiger partial charge in [-0.2, -0.15) is 0 Å². The number of nitrogens with one attached hydrogen (secondary N) is 1. The summed E-state index contributed by atoms with van der Waals surface area (Å²) in [4.78, 5) is 25.3. The van der Waals surface area contributed by atoms with Gasteiger partial charge in [0.15, 0.2) is 0 Å². The van der Waals surface area contributed by atoms with Crippen LogP contribution in [0.15, 0.2) is 24.3 Å². The van der Waals surface area contributed by atoms with E-state index in [1.807, 2.05) is 0 Å². The smallest absolute Gasteiger partial charge is 0.417 e. The Kier molecular flexibility index (Phi) is 4.01. The van der Waals surface area contributed by atoms with Gasteiger partial charge >= 0.3 is 6.09 Å². The van der Waals surface area contributed by atoms with Crippen molar-refractivity contribution < 1.29 is 19.1 Å². The Labute approximate surface area is 111 Å².